The summed E-state index contributed by atoms with van der Waals surface area (Å²) in [7, 11) is 0. The quantitative estimate of drug-likeness (QED) is 0.672. The van der Waals surface area contributed by atoms with Gasteiger partial charge in [-0.25, -0.2) is 4.79 Å². The Morgan fingerprint density at radius 3 is 2.79 bits per heavy atom. The van der Waals surface area contributed by atoms with Gasteiger partial charge in [0.1, 0.15) is 0 Å². The molecule has 0 spiro atoms. The Labute approximate surface area is 84.7 Å². The van der Waals surface area contributed by atoms with Crippen LogP contribution in [0.15, 0.2) is 0 Å². The Kier molecular flexibility index (Phi) is 3.50. The molecule has 0 bridgehead atoms. The van der Waals surface area contributed by atoms with Gasteiger partial charge in [-0.2, -0.15) is 0 Å². The molecule has 0 aromatic heterocycles. The molecule has 0 radical (unpaired) electrons. The first kappa shape index (κ1) is 11.5. The monoisotopic (exact) mass is 201 g/mol. The Morgan fingerprint density at radius 2 is 2.29 bits per heavy atom. The smallest absolute Gasteiger partial charge is 0.335 e. The molecular formula is C10H19NO3. The highest BCUT2D eigenvalue weighted by Gasteiger charge is 2.37. The molecule has 4 nitrogen and oxygen atoms in total. The van der Waals surface area contributed by atoms with Crippen LogP contribution in [-0.4, -0.2) is 30.3 Å². The van der Waals surface area contributed by atoms with Gasteiger partial charge in [0.25, 0.3) is 0 Å². The second-order valence-electron chi connectivity index (χ2n) is 4.32. The van der Waals surface area contributed by atoms with Crippen molar-refractivity contribution in [1.82, 2.24) is 0 Å². The average molecular weight is 201 g/mol. The van der Waals surface area contributed by atoms with E-state index in [4.69, 9.17) is 15.2 Å². The summed E-state index contributed by atoms with van der Waals surface area (Å²) in [6.07, 6.45) is 0.847. The third-order valence-corrected chi connectivity index (χ3v) is 2.28. The highest BCUT2D eigenvalue weighted by atomic mass is 16.6. The fraction of sp³-hybridized carbons (Fsp3) is 0.900. The molecule has 1 fully saturated rings. The fourth-order valence-corrected chi connectivity index (χ4v) is 1.85. The Bertz CT molecular complexity index is 215. The van der Waals surface area contributed by atoms with Gasteiger partial charge < -0.3 is 15.2 Å². The van der Waals surface area contributed by atoms with Crippen LogP contribution in [0.2, 0.25) is 0 Å². The van der Waals surface area contributed by atoms with E-state index < -0.39 is 6.10 Å². The first-order chi connectivity index (χ1) is 6.44. The molecule has 0 aliphatic carbocycles. The van der Waals surface area contributed by atoms with E-state index in [0.717, 1.165) is 6.42 Å². The van der Waals surface area contributed by atoms with Gasteiger partial charge in [0, 0.05) is 6.04 Å². The molecule has 0 aromatic rings. The fourth-order valence-electron chi connectivity index (χ4n) is 1.85. The first-order valence-electron chi connectivity index (χ1n) is 5.04. The number of carbonyl (C=O) groups is 1. The highest BCUT2D eigenvalue weighted by Crippen LogP contribution is 2.27. The minimum absolute atomic E-state index is 0.0214. The Balaban J connectivity index is 2.57. The molecule has 0 saturated carbocycles. The summed E-state index contributed by atoms with van der Waals surface area (Å²) in [6.45, 7) is 6.05. The van der Waals surface area contributed by atoms with Gasteiger partial charge in [0.2, 0.25) is 0 Å². The molecule has 1 aliphatic heterocycles. The second-order valence-corrected chi connectivity index (χ2v) is 4.32. The van der Waals surface area contributed by atoms with Crippen molar-refractivity contribution in [2.24, 2.45) is 5.73 Å². The molecule has 14 heavy (non-hydrogen) atoms. The molecule has 0 aromatic carbocycles. The van der Waals surface area contributed by atoms with Crippen LogP contribution < -0.4 is 5.73 Å². The topological polar surface area (TPSA) is 61.5 Å². The largest absolute Gasteiger partial charge is 0.464 e. The van der Waals surface area contributed by atoms with Crippen LogP contribution in [0.3, 0.4) is 0 Å². The molecular weight excluding hydrogens is 182 g/mol. The summed E-state index contributed by atoms with van der Waals surface area (Å²) in [6, 6.07) is 0.0214. The molecule has 0 amide bonds. The standard InChI is InChI=1S/C10H19NO3/c1-4-13-9(12)8-5-7(11)6-10(2,3)14-8/h7-8H,4-6,11H2,1-3H3/t7-,8+/m0/s1. The number of esters is 1. The summed E-state index contributed by atoms with van der Waals surface area (Å²) < 4.78 is 10.5. The van der Waals surface area contributed by atoms with E-state index >= 15 is 0 Å². The summed E-state index contributed by atoms with van der Waals surface area (Å²) in [5.74, 6) is -0.296. The van der Waals surface area contributed by atoms with Crippen LogP contribution in [0.1, 0.15) is 33.6 Å². The SMILES string of the molecule is CCOC(=O)[C@H]1C[C@H](N)CC(C)(C)O1. The predicted molar refractivity (Wildman–Crippen MR) is 52.8 cm³/mol. The van der Waals surface area contributed by atoms with Gasteiger partial charge in [-0.05, 0) is 33.6 Å². The lowest BCUT2D eigenvalue weighted by atomic mass is 9.91. The Hall–Kier alpha value is -0.610. The third kappa shape index (κ3) is 2.96. The van der Waals surface area contributed by atoms with Gasteiger partial charge in [-0.3, -0.25) is 0 Å². The molecule has 1 rings (SSSR count). The van der Waals surface area contributed by atoms with Crippen molar-refractivity contribution in [3.63, 3.8) is 0 Å². The average Bonchev–Trinajstić information content (AvgIpc) is 2.00. The van der Waals surface area contributed by atoms with E-state index in [-0.39, 0.29) is 17.6 Å². The van der Waals surface area contributed by atoms with Gasteiger partial charge >= 0.3 is 5.97 Å². The van der Waals surface area contributed by atoms with Crippen molar-refractivity contribution in [2.75, 3.05) is 6.61 Å². The lowest BCUT2D eigenvalue weighted by Gasteiger charge is -2.37. The first-order valence-corrected chi connectivity index (χ1v) is 5.04. The van der Waals surface area contributed by atoms with E-state index in [9.17, 15) is 4.79 Å². The van der Waals surface area contributed by atoms with Gasteiger partial charge in [-0.15, -0.1) is 0 Å². The lowest BCUT2D eigenvalue weighted by molar-refractivity contribution is -0.176. The van der Waals surface area contributed by atoms with Gasteiger partial charge in [0.15, 0.2) is 6.10 Å². The molecule has 1 saturated heterocycles. The van der Waals surface area contributed by atoms with E-state index in [1.54, 1.807) is 6.92 Å². The van der Waals surface area contributed by atoms with Crippen molar-refractivity contribution < 1.29 is 14.3 Å². The summed E-state index contributed by atoms with van der Waals surface area (Å²) in [5, 5.41) is 0. The van der Waals surface area contributed by atoms with E-state index in [1.807, 2.05) is 13.8 Å². The maximum absolute atomic E-state index is 11.4. The molecule has 0 unspecified atom stereocenters. The van der Waals surface area contributed by atoms with Crippen LogP contribution in [0.5, 0.6) is 0 Å². The van der Waals surface area contributed by atoms with Crippen LogP contribution >= 0.6 is 0 Å². The zero-order chi connectivity index (χ0) is 10.8. The van der Waals surface area contributed by atoms with Crippen LogP contribution in [0, 0.1) is 0 Å². The highest BCUT2D eigenvalue weighted by molar-refractivity contribution is 5.74. The maximum Gasteiger partial charge on any atom is 0.335 e. The number of nitrogens with two attached hydrogens (primary N) is 1. The van der Waals surface area contributed by atoms with E-state index in [1.165, 1.54) is 0 Å². The summed E-state index contributed by atoms with van der Waals surface area (Å²) >= 11 is 0. The van der Waals surface area contributed by atoms with E-state index in [2.05, 4.69) is 0 Å². The number of carbonyl (C=O) groups excluding carboxylic acids is 1. The number of hydrogen-bond acceptors (Lipinski definition) is 4. The van der Waals surface area contributed by atoms with Gasteiger partial charge in [0.05, 0.1) is 12.2 Å². The predicted octanol–water partition coefficient (Wildman–Crippen LogP) is 0.834. The number of rotatable bonds is 2. The third-order valence-electron chi connectivity index (χ3n) is 2.28. The van der Waals surface area contributed by atoms with Crippen molar-refractivity contribution in [1.29, 1.82) is 0 Å². The van der Waals surface area contributed by atoms with Crippen LogP contribution in [0.25, 0.3) is 0 Å². The minimum Gasteiger partial charge on any atom is -0.464 e. The van der Waals surface area contributed by atoms with Crippen LogP contribution in [-0.2, 0) is 14.3 Å². The molecule has 2 atom stereocenters. The molecule has 1 heterocycles. The van der Waals surface area contributed by atoms with Gasteiger partial charge in [-0.1, -0.05) is 0 Å². The van der Waals surface area contributed by atoms with Crippen molar-refractivity contribution in [3.8, 4) is 0 Å². The van der Waals surface area contributed by atoms with Crippen molar-refractivity contribution in [3.05, 3.63) is 0 Å². The zero-order valence-corrected chi connectivity index (χ0v) is 9.08. The number of hydrogen-bond donors (Lipinski definition) is 1. The summed E-state index contributed by atoms with van der Waals surface area (Å²) in [4.78, 5) is 11.4. The van der Waals surface area contributed by atoms with E-state index in [0.29, 0.717) is 13.0 Å². The normalized spacial score (nSPS) is 31.1. The van der Waals surface area contributed by atoms with Crippen LogP contribution in [0.4, 0.5) is 0 Å². The molecule has 82 valence electrons. The maximum atomic E-state index is 11.4. The second kappa shape index (κ2) is 4.28. The summed E-state index contributed by atoms with van der Waals surface area (Å²) in [5.41, 5.74) is 5.52. The molecule has 2 N–H and O–H groups in total. The van der Waals surface area contributed by atoms with Crippen molar-refractivity contribution in [2.45, 2.75) is 51.4 Å². The number of ether oxygens (including phenoxy) is 2. The zero-order valence-electron chi connectivity index (χ0n) is 9.08. The van der Waals surface area contributed by atoms with Crippen molar-refractivity contribution >= 4 is 5.97 Å². The Morgan fingerprint density at radius 1 is 1.64 bits per heavy atom. The molecule has 4 heteroatoms. The molecule has 1 aliphatic rings. The lowest BCUT2D eigenvalue weighted by Crippen LogP contribution is -2.48. The minimum atomic E-state index is -0.492.